The Morgan fingerprint density at radius 3 is 2.62 bits per heavy atom. The van der Waals surface area contributed by atoms with E-state index in [2.05, 4.69) is 10.4 Å². The summed E-state index contributed by atoms with van der Waals surface area (Å²) in [7, 11) is 0. The van der Waals surface area contributed by atoms with E-state index in [4.69, 9.17) is 17.3 Å². The molecule has 0 radical (unpaired) electrons. The first kappa shape index (κ1) is 18.0. The largest absolute Gasteiger partial charge is 0.369 e. The Morgan fingerprint density at radius 1 is 1.33 bits per heavy atom. The first-order valence-electron chi connectivity index (χ1n) is 6.90. The lowest BCUT2D eigenvalue weighted by molar-refractivity contribution is -0.117. The first-order chi connectivity index (χ1) is 11.4. The van der Waals surface area contributed by atoms with Gasteiger partial charge in [-0.05, 0) is 19.1 Å². The number of nitrogens with zero attached hydrogens (tertiary/aromatic N) is 2. The van der Waals surface area contributed by atoms with Crippen molar-refractivity contribution >= 4 is 40.9 Å². The number of benzene rings is 1. The predicted octanol–water partition coefficient (Wildman–Crippen LogP) is 1.42. The van der Waals surface area contributed by atoms with Crippen molar-refractivity contribution < 1.29 is 9.59 Å². The van der Waals surface area contributed by atoms with Gasteiger partial charge in [-0.25, -0.2) is 4.68 Å². The van der Waals surface area contributed by atoms with Crippen molar-refractivity contribution in [3.8, 4) is 0 Å². The first-order valence-corrected chi connectivity index (χ1v) is 8.26. The number of halogens is 1. The number of nitrogens with one attached hydrogen (secondary N) is 1. The topological polar surface area (TPSA) is 107 Å². The maximum atomic E-state index is 12.1. The summed E-state index contributed by atoms with van der Waals surface area (Å²) in [6.07, 6.45) is 1.33. The smallest absolute Gasteiger partial charge is 0.287 e. The van der Waals surface area contributed by atoms with Crippen LogP contribution in [0.5, 0.6) is 0 Å². The molecular formula is C15H15ClN4O3S. The Kier molecular flexibility index (Phi) is 5.99. The van der Waals surface area contributed by atoms with Crippen LogP contribution in [0.1, 0.15) is 5.56 Å². The molecule has 126 valence electrons. The highest BCUT2D eigenvalue weighted by molar-refractivity contribution is 8.00. The second-order valence-electron chi connectivity index (χ2n) is 4.95. The third-order valence-electron chi connectivity index (χ3n) is 2.95. The predicted molar refractivity (Wildman–Crippen MR) is 93.2 cm³/mol. The number of primary amides is 1. The number of aromatic nitrogens is 2. The highest BCUT2D eigenvalue weighted by Crippen LogP contribution is 2.22. The average molecular weight is 367 g/mol. The molecule has 0 saturated heterocycles. The van der Waals surface area contributed by atoms with E-state index in [0.717, 1.165) is 22.0 Å². The second kappa shape index (κ2) is 7.98. The van der Waals surface area contributed by atoms with E-state index in [-0.39, 0.29) is 17.3 Å². The van der Waals surface area contributed by atoms with Gasteiger partial charge in [0.05, 0.1) is 16.8 Å². The monoisotopic (exact) mass is 366 g/mol. The van der Waals surface area contributed by atoms with Crippen LogP contribution < -0.4 is 16.6 Å². The van der Waals surface area contributed by atoms with E-state index < -0.39 is 17.4 Å². The van der Waals surface area contributed by atoms with Crippen molar-refractivity contribution in [2.24, 2.45) is 5.73 Å². The zero-order chi connectivity index (χ0) is 17.7. The minimum atomic E-state index is -0.606. The number of aryl methyl sites for hydroxylation is 1. The molecule has 2 rings (SSSR count). The molecule has 7 nitrogen and oxygen atoms in total. The van der Waals surface area contributed by atoms with Gasteiger partial charge in [-0.1, -0.05) is 29.3 Å². The van der Waals surface area contributed by atoms with Crippen molar-refractivity contribution in [1.29, 1.82) is 0 Å². The highest BCUT2D eigenvalue weighted by Gasteiger charge is 2.13. The summed E-state index contributed by atoms with van der Waals surface area (Å²) in [5, 5.41) is 6.47. The van der Waals surface area contributed by atoms with E-state index in [1.807, 2.05) is 19.1 Å². The number of thioether (sulfide) groups is 1. The molecule has 0 unspecified atom stereocenters. The van der Waals surface area contributed by atoms with Crippen molar-refractivity contribution in [1.82, 2.24) is 9.78 Å². The van der Waals surface area contributed by atoms with Gasteiger partial charge in [0, 0.05) is 5.69 Å². The van der Waals surface area contributed by atoms with Crippen LogP contribution in [0, 0.1) is 6.92 Å². The summed E-state index contributed by atoms with van der Waals surface area (Å²) in [6.45, 7) is 1.67. The molecule has 0 aliphatic carbocycles. The standard InChI is InChI=1S/C15H15ClN4O3S/c1-9-2-4-10(5-3-9)19-13(22)7-20-15(23)14(16)11(6-18-20)24-8-12(17)21/h2-6H,7-8H2,1H3,(H2,17,21)(H,19,22). The Hall–Kier alpha value is -2.32. The number of amides is 2. The van der Waals surface area contributed by atoms with E-state index >= 15 is 0 Å². The van der Waals surface area contributed by atoms with Gasteiger partial charge in [0.25, 0.3) is 5.56 Å². The van der Waals surface area contributed by atoms with E-state index in [1.54, 1.807) is 12.1 Å². The molecule has 3 N–H and O–H groups in total. The van der Waals surface area contributed by atoms with Crippen molar-refractivity contribution in [2.45, 2.75) is 18.4 Å². The molecule has 2 aromatic rings. The van der Waals surface area contributed by atoms with Crippen LogP contribution in [-0.4, -0.2) is 27.3 Å². The van der Waals surface area contributed by atoms with Gasteiger partial charge in [0.1, 0.15) is 11.6 Å². The number of nitrogens with two attached hydrogens (primary N) is 1. The maximum Gasteiger partial charge on any atom is 0.287 e. The Bertz CT molecular complexity index is 820. The normalized spacial score (nSPS) is 10.4. The average Bonchev–Trinajstić information content (AvgIpc) is 2.53. The Morgan fingerprint density at radius 2 is 2.00 bits per heavy atom. The van der Waals surface area contributed by atoms with E-state index in [1.165, 1.54) is 6.20 Å². The maximum absolute atomic E-state index is 12.1. The van der Waals surface area contributed by atoms with Crippen molar-refractivity contribution in [3.63, 3.8) is 0 Å². The third-order valence-corrected chi connectivity index (χ3v) is 4.48. The highest BCUT2D eigenvalue weighted by atomic mass is 35.5. The molecule has 1 heterocycles. The van der Waals surface area contributed by atoms with Gasteiger partial charge in [-0.15, -0.1) is 11.8 Å². The van der Waals surface area contributed by atoms with Crippen molar-refractivity contribution in [2.75, 3.05) is 11.1 Å². The van der Waals surface area contributed by atoms with Gasteiger partial charge in [-0.3, -0.25) is 14.4 Å². The van der Waals surface area contributed by atoms with E-state index in [9.17, 15) is 14.4 Å². The van der Waals surface area contributed by atoms with Crippen LogP contribution >= 0.6 is 23.4 Å². The molecule has 0 aliphatic heterocycles. The molecule has 2 amide bonds. The lowest BCUT2D eigenvalue weighted by Gasteiger charge is -2.08. The summed E-state index contributed by atoms with van der Waals surface area (Å²) in [4.78, 5) is 35.3. The summed E-state index contributed by atoms with van der Waals surface area (Å²) in [5.74, 6) is -0.946. The van der Waals surface area contributed by atoms with E-state index in [0.29, 0.717) is 10.6 Å². The number of carbonyl (C=O) groups is 2. The van der Waals surface area contributed by atoms with Crippen molar-refractivity contribution in [3.05, 3.63) is 51.4 Å². The molecule has 0 fully saturated rings. The fourth-order valence-corrected chi connectivity index (χ4v) is 2.73. The molecule has 0 spiro atoms. The number of hydrogen-bond acceptors (Lipinski definition) is 5. The fourth-order valence-electron chi connectivity index (χ4n) is 1.79. The number of rotatable bonds is 6. The molecule has 0 aliphatic rings. The summed E-state index contributed by atoms with van der Waals surface area (Å²) in [5.41, 5.74) is 6.14. The molecule has 1 aromatic heterocycles. The molecular weight excluding hydrogens is 352 g/mol. The number of anilines is 1. The summed E-state index contributed by atoms with van der Waals surface area (Å²) < 4.78 is 0.959. The molecule has 9 heteroatoms. The zero-order valence-electron chi connectivity index (χ0n) is 12.8. The molecule has 0 bridgehead atoms. The minimum absolute atomic E-state index is 0.0151. The van der Waals surface area contributed by atoms with Gasteiger partial charge < -0.3 is 11.1 Å². The van der Waals surface area contributed by atoms with Crippen LogP contribution in [0.25, 0.3) is 0 Å². The molecule has 0 atom stereocenters. The number of carbonyl (C=O) groups excluding carboxylic acids is 2. The van der Waals surface area contributed by atoms with Gasteiger partial charge >= 0.3 is 0 Å². The van der Waals surface area contributed by atoms with Crippen LogP contribution in [0.15, 0.2) is 40.2 Å². The Labute approximate surface area is 147 Å². The summed E-state index contributed by atoms with van der Waals surface area (Å²) >= 11 is 6.98. The zero-order valence-corrected chi connectivity index (χ0v) is 14.4. The lowest BCUT2D eigenvalue weighted by Crippen LogP contribution is -2.30. The second-order valence-corrected chi connectivity index (χ2v) is 6.35. The van der Waals surface area contributed by atoms with Crippen LogP contribution in [0.2, 0.25) is 5.02 Å². The third kappa shape index (κ3) is 4.84. The molecule has 1 aromatic carbocycles. The van der Waals surface area contributed by atoms with Crippen LogP contribution in [-0.2, 0) is 16.1 Å². The molecule has 24 heavy (non-hydrogen) atoms. The minimum Gasteiger partial charge on any atom is -0.369 e. The quantitative estimate of drug-likeness (QED) is 0.752. The SMILES string of the molecule is Cc1ccc(NC(=O)Cn2ncc(SCC(N)=O)c(Cl)c2=O)cc1. The Balaban J connectivity index is 2.08. The van der Waals surface area contributed by atoms with Gasteiger partial charge in [0.2, 0.25) is 11.8 Å². The fraction of sp³-hybridized carbons (Fsp3) is 0.200. The lowest BCUT2D eigenvalue weighted by atomic mass is 10.2. The van der Waals surface area contributed by atoms with Gasteiger partial charge in [-0.2, -0.15) is 5.10 Å². The molecule has 0 saturated carbocycles. The van der Waals surface area contributed by atoms with Crippen LogP contribution in [0.4, 0.5) is 5.69 Å². The van der Waals surface area contributed by atoms with Crippen LogP contribution in [0.3, 0.4) is 0 Å². The summed E-state index contributed by atoms with van der Waals surface area (Å²) in [6, 6.07) is 7.25. The van der Waals surface area contributed by atoms with Gasteiger partial charge in [0.15, 0.2) is 0 Å². The number of hydrogen-bond donors (Lipinski definition) is 2.